The van der Waals surface area contributed by atoms with Crippen molar-refractivity contribution >= 4 is 11.4 Å². The van der Waals surface area contributed by atoms with Gasteiger partial charge >= 0.3 is 0 Å². The van der Waals surface area contributed by atoms with Gasteiger partial charge in [0.1, 0.15) is 0 Å². The molecule has 2 heteroatoms. The average molecular weight is 204 g/mol. The van der Waals surface area contributed by atoms with Crippen molar-refractivity contribution in [2.75, 3.05) is 17.2 Å². The SMILES string of the molecule is CC1(C)CCCCN1c1ccc(N)cc1. The molecule has 15 heavy (non-hydrogen) atoms. The molecule has 1 aromatic carbocycles. The van der Waals surface area contributed by atoms with Crippen molar-refractivity contribution in [2.24, 2.45) is 0 Å². The van der Waals surface area contributed by atoms with Crippen LogP contribution < -0.4 is 10.6 Å². The third-order valence-electron chi connectivity index (χ3n) is 3.36. The van der Waals surface area contributed by atoms with Crippen LogP contribution in [0, 0.1) is 0 Å². The molecule has 1 aromatic rings. The van der Waals surface area contributed by atoms with Crippen LogP contribution in [-0.4, -0.2) is 12.1 Å². The topological polar surface area (TPSA) is 29.3 Å². The molecule has 0 aromatic heterocycles. The lowest BCUT2D eigenvalue weighted by molar-refractivity contribution is 0.362. The smallest absolute Gasteiger partial charge is 0.0372 e. The maximum atomic E-state index is 5.71. The first-order valence-corrected chi connectivity index (χ1v) is 5.73. The highest BCUT2D eigenvalue weighted by atomic mass is 15.2. The number of hydrogen-bond donors (Lipinski definition) is 1. The lowest BCUT2D eigenvalue weighted by atomic mass is 9.90. The van der Waals surface area contributed by atoms with E-state index in [9.17, 15) is 0 Å². The number of anilines is 2. The number of benzene rings is 1. The van der Waals surface area contributed by atoms with Crippen LogP contribution in [-0.2, 0) is 0 Å². The lowest BCUT2D eigenvalue weighted by Gasteiger charge is -2.44. The summed E-state index contributed by atoms with van der Waals surface area (Å²) in [5, 5.41) is 0. The van der Waals surface area contributed by atoms with Gasteiger partial charge in [0.2, 0.25) is 0 Å². The van der Waals surface area contributed by atoms with Crippen molar-refractivity contribution in [1.29, 1.82) is 0 Å². The summed E-state index contributed by atoms with van der Waals surface area (Å²) in [6.45, 7) is 5.81. The van der Waals surface area contributed by atoms with Gasteiger partial charge < -0.3 is 10.6 Å². The molecule has 1 aliphatic heterocycles. The Morgan fingerprint density at radius 1 is 1.13 bits per heavy atom. The van der Waals surface area contributed by atoms with Gasteiger partial charge in [-0.2, -0.15) is 0 Å². The van der Waals surface area contributed by atoms with Crippen LogP contribution in [0.15, 0.2) is 24.3 Å². The van der Waals surface area contributed by atoms with E-state index in [-0.39, 0.29) is 5.54 Å². The van der Waals surface area contributed by atoms with Gasteiger partial charge in [-0.3, -0.25) is 0 Å². The normalized spacial score (nSPS) is 20.3. The molecule has 0 amide bonds. The molecule has 1 fully saturated rings. The predicted molar refractivity (Wildman–Crippen MR) is 66.1 cm³/mol. The first-order valence-electron chi connectivity index (χ1n) is 5.73. The van der Waals surface area contributed by atoms with E-state index in [1.165, 1.54) is 24.9 Å². The highest BCUT2D eigenvalue weighted by Gasteiger charge is 2.29. The molecule has 0 aliphatic carbocycles. The number of rotatable bonds is 1. The van der Waals surface area contributed by atoms with Gasteiger partial charge in [-0.05, 0) is 57.4 Å². The van der Waals surface area contributed by atoms with Crippen molar-refractivity contribution in [2.45, 2.75) is 38.6 Å². The molecule has 0 bridgehead atoms. The van der Waals surface area contributed by atoms with Crippen molar-refractivity contribution in [3.63, 3.8) is 0 Å². The number of piperidine rings is 1. The minimum Gasteiger partial charge on any atom is -0.399 e. The summed E-state index contributed by atoms with van der Waals surface area (Å²) in [4.78, 5) is 2.50. The van der Waals surface area contributed by atoms with Gasteiger partial charge in [0, 0.05) is 23.5 Å². The molecule has 2 N–H and O–H groups in total. The van der Waals surface area contributed by atoms with Gasteiger partial charge in [-0.1, -0.05) is 0 Å². The summed E-state index contributed by atoms with van der Waals surface area (Å²) in [6, 6.07) is 8.23. The fraction of sp³-hybridized carbons (Fsp3) is 0.538. The first-order chi connectivity index (χ1) is 7.09. The summed E-state index contributed by atoms with van der Waals surface area (Å²) in [5.74, 6) is 0. The van der Waals surface area contributed by atoms with Crippen LogP contribution >= 0.6 is 0 Å². The first kappa shape index (κ1) is 10.3. The zero-order valence-corrected chi connectivity index (χ0v) is 9.66. The zero-order chi connectivity index (χ0) is 10.9. The minimum absolute atomic E-state index is 0.286. The van der Waals surface area contributed by atoms with Crippen LogP contribution in [0.3, 0.4) is 0 Å². The minimum atomic E-state index is 0.286. The predicted octanol–water partition coefficient (Wildman–Crippen LogP) is 3.04. The number of nitrogen functional groups attached to an aromatic ring is 1. The largest absolute Gasteiger partial charge is 0.399 e. The Bertz CT molecular complexity index is 327. The zero-order valence-electron chi connectivity index (χ0n) is 9.66. The quantitative estimate of drug-likeness (QED) is 0.712. The maximum Gasteiger partial charge on any atom is 0.0372 e. The summed E-state index contributed by atoms with van der Waals surface area (Å²) < 4.78 is 0. The van der Waals surface area contributed by atoms with Crippen molar-refractivity contribution < 1.29 is 0 Å². The van der Waals surface area contributed by atoms with Crippen LogP contribution in [0.4, 0.5) is 11.4 Å². The van der Waals surface area contributed by atoms with Crippen molar-refractivity contribution in [3.8, 4) is 0 Å². The Morgan fingerprint density at radius 2 is 1.80 bits per heavy atom. The molecule has 2 rings (SSSR count). The fourth-order valence-corrected chi connectivity index (χ4v) is 2.40. The molecule has 82 valence electrons. The number of hydrogen-bond acceptors (Lipinski definition) is 2. The summed E-state index contributed by atoms with van der Waals surface area (Å²) in [7, 11) is 0. The number of nitrogens with two attached hydrogens (primary N) is 1. The second-order valence-corrected chi connectivity index (χ2v) is 5.01. The molecule has 2 nitrogen and oxygen atoms in total. The second-order valence-electron chi connectivity index (χ2n) is 5.01. The highest BCUT2D eigenvalue weighted by Crippen LogP contribution is 2.32. The van der Waals surface area contributed by atoms with Gasteiger partial charge in [-0.25, -0.2) is 0 Å². The molecule has 0 unspecified atom stereocenters. The monoisotopic (exact) mass is 204 g/mol. The van der Waals surface area contributed by atoms with E-state index in [0.29, 0.717) is 0 Å². The van der Waals surface area contributed by atoms with Gasteiger partial charge in [-0.15, -0.1) is 0 Å². The molecule has 0 spiro atoms. The van der Waals surface area contributed by atoms with Crippen LogP contribution in [0.25, 0.3) is 0 Å². The molecule has 1 heterocycles. The standard InChI is InChI=1S/C13H20N2/c1-13(2)9-3-4-10-15(13)12-7-5-11(14)6-8-12/h5-8H,3-4,9-10,14H2,1-2H3. The average Bonchev–Trinajstić information content (AvgIpc) is 2.19. The van der Waals surface area contributed by atoms with Crippen molar-refractivity contribution in [3.05, 3.63) is 24.3 Å². The van der Waals surface area contributed by atoms with E-state index < -0.39 is 0 Å². The van der Waals surface area contributed by atoms with E-state index in [0.717, 1.165) is 12.2 Å². The summed E-state index contributed by atoms with van der Waals surface area (Å²) in [5.41, 5.74) is 8.13. The fourth-order valence-electron chi connectivity index (χ4n) is 2.40. The van der Waals surface area contributed by atoms with Crippen LogP contribution in [0.2, 0.25) is 0 Å². The third-order valence-corrected chi connectivity index (χ3v) is 3.36. The Balaban J connectivity index is 2.25. The Kier molecular flexibility index (Phi) is 2.59. The molecule has 0 saturated carbocycles. The van der Waals surface area contributed by atoms with Gasteiger partial charge in [0.25, 0.3) is 0 Å². The van der Waals surface area contributed by atoms with Crippen molar-refractivity contribution in [1.82, 2.24) is 0 Å². The summed E-state index contributed by atoms with van der Waals surface area (Å²) >= 11 is 0. The van der Waals surface area contributed by atoms with Gasteiger partial charge in [0.05, 0.1) is 0 Å². The van der Waals surface area contributed by atoms with Crippen LogP contribution in [0.5, 0.6) is 0 Å². The van der Waals surface area contributed by atoms with E-state index >= 15 is 0 Å². The number of nitrogens with zero attached hydrogens (tertiary/aromatic N) is 1. The van der Waals surface area contributed by atoms with E-state index in [1.54, 1.807) is 0 Å². The summed E-state index contributed by atoms with van der Waals surface area (Å²) in [6.07, 6.45) is 3.92. The molecular formula is C13H20N2. The van der Waals surface area contributed by atoms with Crippen LogP contribution in [0.1, 0.15) is 33.1 Å². The molecular weight excluding hydrogens is 184 g/mol. The molecule has 1 aliphatic rings. The Labute approximate surface area is 92.1 Å². The Morgan fingerprint density at radius 3 is 2.40 bits per heavy atom. The second kappa shape index (κ2) is 3.76. The van der Waals surface area contributed by atoms with E-state index in [4.69, 9.17) is 5.73 Å². The molecule has 1 saturated heterocycles. The van der Waals surface area contributed by atoms with Gasteiger partial charge in [0.15, 0.2) is 0 Å². The third kappa shape index (κ3) is 2.09. The van der Waals surface area contributed by atoms with E-state index in [2.05, 4.69) is 30.9 Å². The molecule has 0 radical (unpaired) electrons. The molecule has 0 atom stereocenters. The maximum absolute atomic E-state index is 5.71. The van der Waals surface area contributed by atoms with E-state index in [1.807, 2.05) is 12.1 Å². The lowest BCUT2D eigenvalue weighted by Crippen LogP contribution is -2.47. The highest BCUT2D eigenvalue weighted by molar-refractivity contribution is 5.54. The Hall–Kier alpha value is -1.18.